The third-order valence-corrected chi connectivity index (χ3v) is 2.19. The molecule has 3 heteroatoms. The fraction of sp³-hybridized carbons (Fsp3) is 0.273. The van der Waals surface area contributed by atoms with Gasteiger partial charge in [-0.15, -0.1) is 0 Å². The molecule has 0 spiro atoms. The zero-order valence-corrected chi connectivity index (χ0v) is 7.99. The first-order valence-corrected chi connectivity index (χ1v) is 4.45. The average molecular weight is 192 g/mol. The minimum Gasteiger partial charge on any atom is -0.493 e. The van der Waals surface area contributed by atoms with Crippen molar-refractivity contribution in [3.63, 3.8) is 0 Å². The van der Waals surface area contributed by atoms with Crippen molar-refractivity contribution in [2.45, 2.75) is 0 Å². The first-order valence-electron chi connectivity index (χ1n) is 4.45. The average Bonchev–Trinajstić information content (AvgIpc) is 2.27. The number of fused-ring (bicyclic) bond motifs is 1. The number of benzene rings is 1. The Morgan fingerprint density at radius 3 is 3.07 bits per heavy atom. The molecule has 0 amide bonds. The highest BCUT2D eigenvalue weighted by atomic mass is 16.5. The Hall–Kier alpha value is -1.48. The summed E-state index contributed by atoms with van der Waals surface area (Å²) in [7, 11) is 1.62. The summed E-state index contributed by atoms with van der Waals surface area (Å²) in [6.45, 7) is 0.473. The topological polar surface area (TPSA) is 38.7 Å². The molecule has 2 rings (SSSR count). The highest BCUT2D eigenvalue weighted by molar-refractivity contribution is 5.66. The lowest BCUT2D eigenvalue weighted by Gasteiger charge is -2.18. The van der Waals surface area contributed by atoms with Crippen molar-refractivity contribution in [1.29, 1.82) is 0 Å². The van der Waals surface area contributed by atoms with E-state index in [9.17, 15) is 0 Å². The van der Waals surface area contributed by atoms with E-state index < -0.39 is 0 Å². The van der Waals surface area contributed by atoms with Crippen molar-refractivity contribution in [2.24, 2.45) is 0 Å². The van der Waals surface area contributed by atoms with Gasteiger partial charge < -0.3 is 14.6 Å². The van der Waals surface area contributed by atoms with E-state index in [0.29, 0.717) is 6.61 Å². The molecule has 1 aromatic rings. The van der Waals surface area contributed by atoms with Crippen LogP contribution in [0.4, 0.5) is 0 Å². The quantitative estimate of drug-likeness (QED) is 0.771. The van der Waals surface area contributed by atoms with Crippen molar-refractivity contribution >= 4 is 6.08 Å². The van der Waals surface area contributed by atoms with E-state index in [2.05, 4.69) is 0 Å². The van der Waals surface area contributed by atoms with Crippen LogP contribution in [0.5, 0.6) is 11.5 Å². The van der Waals surface area contributed by atoms with Crippen LogP contribution in [0.2, 0.25) is 0 Å². The highest BCUT2D eigenvalue weighted by Gasteiger charge is 2.14. The van der Waals surface area contributed by atoms with E-state index in [-0.39, 0.29) is 6.61 Å². The first kappa shape index (κ1) is 9.09. The number of rotatable bonds is 2. The maximum Gasteiger partial charge on any atom is 0.168 e. The third-order valence-electron chi connectivity index (χ3n) is 2.19. The number of hydrogen-bond donors (Lipinski definition) is 1. The Kier molecular flexibility index (Phi) is 2.41. The van der Waals surface area contributed by atoms with Crippen molar-refractivity contribution in [1.82, 2.24) is 0 Å². The van der Waals surface area contributed by atoms with E-state index in [1.54, 1.807) is 7.11 Å². The summed E-state index contributed by atoms with van der Waals surface area (Å²) in [6, 6.07) is 5.70. The van der Waals surface area contributed by atoms with Crippen LogP contribution in [-0.4, -0.2) is 25.4 Å². The zero-order chi connectivity index (χ0) is 9.97. The number of aliphatic hydroxyl groups is 1. The molecule has 0 aliphatic carbocycles. The van der Waals surface area contributed by atoms with Gasteiger partial charge in [0.25, 0.3) is 0 Å². The lowest BCUT2D eigenvalue weighted by Crippen LogP contribution is -2.10. The van der Waals surface area contributed by atoms with E-state index in [4.69, 9.17) is 14.6 Å². The summed E-state index contributed by atoms with van der Waals surface area (Å²) >= 11 is 0. The van der Waals surface area contributed by atoms with Crippen molar-refractivity contribution in [2.75, 3.05) is 20.3 Å². The van der Waals surface area contributed by atoms with Gasteiger partial charge in [0.15, 0.2) is 11.5 Å². The second-order valence-corrected chi connectivity index (χ2v) is 3.13. The second kappa shape index (κ2) is 3.72. The zero-order valence-electron chi connectivity index (χ0n) is 7.99. The maximum atomic E-state index is 8.96. The molecule has 74 valence electrons. The highest BCUT2D eigenvalue weighted by Crippen LogP contribution is 2.35. The van der Waals surface area contributed by atoms with E-state index in [1.807, 2.05) is 24.3 Å². The third kappa shape index (κ3) is 1.46. The van der Waals surface area contributed by atoms with Gasteiger partial charge in [-0.2, -0.15) is 0 Å². The molecule has 3 nitrogen and oxygen atoms in total. The van der Waals surface area contributed by atoms with Crippen LogP contribution in [0.1, 0.15) is 5.56 Å². The molecule has 1 aliphatic rings. The molecule has 1 aliphatic heterocycles. The van der Waals surface area contributed by atoms with Crippen LogP contribution in [0.15, 0.2) is 23.8 Å². The minimum atomic E-state index is 0.0383. The standard InChI is InChI=1S/C11H12O3/c1-13-10-4-2-3-9-5-8(6-12)7-14-11(9)10/h2-5,12H,6-7H2,1H3. The molecule has 14 heavy (non-hydrogen) atoms. The Morgan fingerprint density at radius 2 is 2.36 bits per heavy atom. The summed E-state index contributed by atoms with van der Waals surface area (Å²) < 4.78 is 10.7. The van der Waals surface area contributed by atoms with Gasteiger partial charge >= 0.3 is 0 Å². The van der Waals surface area contributed by atoms with E-state index >= 15 is 0 Å². The predicted molar refractivity (Wildman–Crippen MR) is 53.6 cm³/mol. The molecule has 0 saturated heterocycles. The largest absolute Gasteiger partial charge is 0.493 e. The number of hydrogen-bond acceptors (Lipinski definition) is 3. The van der Waals surface area contributed by atoms with Gasteiger partial charge in [-0.25, -0.2) is 0 Å². The monoisotopic (exact) mass is 192 g/mol. The molecule has 1 N–H and O–H groups in total. The second-order valence-electron chi connectivity index (χ2n) is 3.13. The Labute approximate surface area is 82.6 Å². The van der Waals surface area contributed by atoms with Crippen LogP contribution in [0.25, 0.3) is 6.08 Å². The summed E-state index contributed by atoms with van der Waals surface area (Å²) in [5, 5.41) is 8.96. The van der Waals surface area contributed by atoms with Gasteiger partial charge in [-0.3, -0.25) is 0 Å². The summed E-state index contributed by atoms with van der Waals surface area (Å²) in [6.07, 6.45) is 1.93. The van der Waals surface area contributed by atoms with Gasteiger partial charge in [-0.05, 0) is 17.7 Å². The van der Waals surface area contributed by atoms with Gasteiger partial charge in [0.05, 0.1) is 13.7 Å². The Bertz CT molecular complexity index is 369. The van der Waals surface area contributed by atoms with Gasteiger partial charge in [0, 0.05) is 5.56 Å². The van der Waals surface area contributed by atoms with E-state index in [1.165, 1.54) is 0 Å². The molecule has 0 atom stereocenters. The van der Waals surface area contributed by atoms with Gasteiger partial charge in [0.1, 0.15) is 6.61 Å². The molecule has 0 saturated carbocycles. The van der Waals surface area contributed by atoms with Crippen LogP contribution >= 0.6 is 0 Å². The Morgan fingerprint density at radius 1 is 1.50 bits per heavy atom. The van der Waals surface area contributed by atoms with Gasteiger partial charge in [-0.1, -0.05) is 12.1 Å². The number of para-hydroxylation sites is 1. The minimum absolute atomic E-state index is 0.0383. The fourth-order valence-electron chi connectivity index (χ4n) is 1.48. The number of methoxy groups -OCH3 is 1. The van der Waals surface area contributed by atoms with Crippen LogP contribution in [0.3, 0.4) is 0 Å². The molecule has 1 aromatic carbocycles. The molecular weight excluding hydrogens is 180 g/mol. The smallest absolute Gasteiger partial charge is 0.168 e. The lowest BCUT2D eigenvalue weighted by molar-refractivity contribution is 0.275. The summed E-state index contributed by atoms with van der Waals surface area (Å²) in [4.78, 5) is 0. The molecular formula is C11H12O3. The van der Waals surface area contributed by atoms with Gasteiger partial charge in [0.2, 0.25) is 0 Å². The van der Waals surface area contributed by atoms with Crippen LogP contribution in [0, 0.1) is 0 Å². The van der Waals surface area contributed by atoms with Crippen molar-refractivity contribution in [3.8, 4) is 11.5 Å². The molecule has 0 unspecified atom stereocenters. The normalized spacial score (nSPS) is 14.0. The van der Waals surface area contributed by atoms with Crippen LogP contribution < -0.4 is 9.47 Å². The molecule has 0 bridgehead atoms. The number of aliphatic hydroxyl groups excluding tert-OH is 1. The molecule has 0 aromatic heterocycles. The summed E-state index contributed by atoms with van der Waals surface area (Å²) in [5.74, 6) is 1.49. The maximum absolute atomic E-state index is 8.96. The fourth-order valence-corrected chi connectivity index (χ4v) is 1.48. The van der Waals surface area contributed by atoms with Crippen molar-refractivity contribution < 1.29 is 14.6 Å². The van der Waals surface area contributed by atoms with E-state index in [0.717, 1.165) is 22.6 Å². The predicted octanol–water partition coefficient (Wildman–Crippen LogP) is 1.46. The Balaban J connectivity index is 2.45. The lowest BCUT2D eigenvalue weighted by atomic mass is 10.1. The summed E-state index contributed by atoms with van der Waals surface area (Å²) in [5.41, 5.74) is 1.84. The SMILES string of the molecule is COc1cccc2c1OCC(CO)=C2. The molecule has 0 radical (unpaired) electrons. The number of ether oxygens (including phenoxy) is 2. The molecule has 0 fully saturated rings. The first-order chi connectivity index (χ1) is 6.85. The molecule has 1 heterocycles. The van der Waals surface area contributed by atoms with Crippen LogP contribution in [-0.2, 0) is 0 Å². The van der Waals surface area contributed by atoms with Crippen molar-refractivity contribution in [3.05, 3.63) is 29.3 Å².